The summed E-state index contributed by atoms with van der Waals surface area (Å²) in [4.78, 5) is 11.4. The summed E-state index contributed by atoms with van der Waals surface area (Å²) in [5, 5.41) is 3.35. The number of nitrogens with zero attached hydrogens (tertiary/aromatic N) is 3. The fourth-order valence-electron chi connectivity index (χ4n) is 2.24. The van der Waals surface area contributed by atoms with Gasteiger partial charge in [-0.1, -0.05) is 33.6 Å². The maximum Gasteiger partial charge on any atom is 0.147 e. The first-order valence-electron chi connectivity index (χ1n) is 8.01. The molecule has 1 N–H and O–H groups in total. The first kappa shape index (κ1) is 16.9. The van der Waals surface area contributed by atoms with Gasteiger partial charge in [-0.15, -0.1) is 0 Å². The highest BCUT2D eigenvalue weighted by Gasteiger charge is 2.12. The second-order valence-electron chi connectivity index (χ2n) is 5.26. The Bertz CT molecular complexity index is 346. The van der Waals surface area contributed by atoms with Gasteiger partial charge in [0.25, 0.3) is 0 Å². The zero-order valence-corrected chi connectivity index (χ0v) is 13.5. The molecular weight excluding hydrogens is 248 g/mol. The molecule has 1 rings (SSSR count). The zero-order chi connectivity index (χ0) is 14.8. The summed E-state index contributed by atoms with van der Waals surface area (Å²) in [7, 11) is 0. The number of aromatic nitrogens is 2. The van der Waals surface area contributed by atoms with Crippen molar-refractivity contribution in [2.45, 2.75) is 53.5 Å². The lowest BCUT2D eigenvalue weighted by atomic mass is 10.0. The molecule has 0 radical (unpaired) electrons. The molecule has 0 fully saturated rings. The van der Waals surface area contributed by atoms with Crippen molar-refractivity contribution in [3.05, 3.63) is 18.1 Å². The van der Waals surface area contributed by atoms with Crippen molar-refractivity contribution in [1.82, 2.24) is 15.3 Å². The van der Waals surface area contributed by atoms with Gasteiger partial charge in [-0.25, -0.2) is 4.98 Å². The van der Waals surface area contributed by atoms with Crippen LogP contribution in [0.25, 0.3) is 0 Å². The number of nitrogens with one attached hydrogen (secondary N) is 1. The largest absolute Gasteiger partial charge is 0.355 e. The molecule has 0 aromatic carbocycles. The van der Waals surface area contributed by atoms with Gasteiger partial charge in [0.15, 0.2) is 0 Å². The Morgan fingerprint density at radius 3 is 2.35 bits per heavy atom. The van der Waals surface area contributed by atoms with Crippen molar-refractivity contribution in [3.63, 3.8) is 0 Å². The summed E-state index contributed by atoms with van der Waals surface area (Å²) < 4.78 is 0. The summed E-state index contributed by atoms with van der Waals surface area (Å²) in [5.41, 5.74) is 1.01. The molecule has 0 saturated heterocycles. The molecule has 20 heavy (non-hydrogen) atoms. The second-order valence-corrected chi connectivity index (χ2v) is 5.26. The van der Waals surface area contributed by atoms with Gasteiger partial charge >= 0.3 is 0 Å². The van der Waals surface area contributed by atoms with E-state index in [9.17, 15) is 0 Å². The van der Waals surface area contributed by atoms with Crippen molar-refractivity contribution in [2.24, 2.45) is 5.92 Å². The van der Waals surface area contributed by atoms with Crippen LogP contribution in [0.15, 0.2) is 12.4 Å². The van der Waals surface area contributed by atoms with Crippen LogP contribution >= 0.6 is 0 Å². The van der Waals surface area contributed by atoms with Gasteiger partial charge in [0.2, 0.25) is 0 Å². The lowest BCUT2D eigenvalue weighted by Crippen LogP contribution is -2.30. The van der Waals surface area contributed by atoms with Crippen LogP contribution in [0.3, 0.4) is 0 Å². The fraction of sp³-hybridized carbons (Fsp3) is 0.750. The number of hydrogen-bond acceptors (Lipinski definition) is 4. The molecule has 0 amide bonds. The molecule has 4 heteroatoms. The number of hydrogen-bond donors (Lipinski definition) is 1. The third-order valence-electron chi connectivity index (χ3n) is 3.76. The fourth-order valence-corrected chi connectivity index (χ4v) is 2.24. The van der Waals surface area contributed by atoms with Crippen LogP contribution in [0.5, 0.6) is 0 Å². The molecule has 1 aromatic heterocycles. The molecule has 0 aliphatic heterocycles. The molecular formula is C16H30N4. The Labute approximate surface area is 124 Å². The highest BCUT2D eigenvalue weighted by atomic mass is 15.2. The van der Waals surface area contributed by atoms with Crippen LogP contribution in [0.4, 0.5) is 5.82 Å². The average Bonchev–Trinajstić information content (AvgIpc) is 2.50. The van der Waals surface area contributed by atoms with Crippen molar-refractivity contribution in [2.75, 3.05) is 24.5 Å². The smallest absolute Gasteiger partial charge is 0.147 e. The number of rotatable bonds is 10. The van der Waals surface area contributed by atoms with Crippen LogP contribution in [0, 0.1) is 5.92 Å². The van der Waals surface area contributed by atoms with Crippen LogP contribution in [0.2, 0.25) is 0 Å². The summed E-state index contributed by atoms with van der Waals surface area (Å²) in [6.07, 6.45) is 7.39. The minimum atomic E-state index is 0.739. The van der Waals surface area contributed by atoms with E-state index in [-0.39, 0.29) is 0 Å². The van der Waals surface area contributed by atoms with Gasteiger partial charge in [0.1, 0.15) is 5.82 Å². The monoisotopic (exact) mass is 278 g/mol. The molecule has 0 saturated carbocycles. The van der Waals surface area contributed by atoms with E-state index in [2.05, 4.69) is 47.9 Å². The minimum absolute atomic E-state index is 0.739. The topological polar surface area (TPSA) is 41.1 Å². The Morgan fingerprint density at radius 2 is 1.85 bits per heavy atom. The van der Waals surface area contributed by atoms with E-state index in [1.165, 1.54) is 12.8 Å². The molecule has 0 spiro atoms. The molecule has 0 bridgehead atoms. The van der Waals surface area contributed by atoms with E-state index in [0.29, 0.717) is 0 Å². The van der Waals surface area contributed by atoms with Crippen molar-refractivity contribution in [3.8, 4) is 0 Å². The van der Waals surface area contributed by atoms with E-state index in [0.717, 1.165) is 50.0 Å². The van der Waals surface area contributed by atoms with Crippen LogP contribution < -0.4 is 10.2 Å². The van der Waals surface area contributed by atoms with Gasteiger partial charge in [-0.3, -0.25) is 4.98 Å². The molecule has 1 heterocycles. The SMILES string of the molecule is CCCNCc1cnc(N(CC)CC(CC)CC)cn1. The first-order chi connectivity index (χ1) is 9.74. The highest BCUT2D eigenvalue weighted by Crippen LogP contribution is 2.15. The van der Waals surface area contributed by atoms with Crippen LogP contribution in [-0.4, -0.2) is 29.6 Å². The predicted octanol–water partition coefficient (Wildman–Crippen LogP) is 3.24. The standard InChI is InChI=1S/C16H30N4/c1-5-9-17-10-15-11-19-16(12-18-15)20(8-4)13-14(6-2)7-3/h11-12,14,17H,5-10,13H2,1-4H3. The Hall–Kier alpha value is -1.16. The normalized spacial score (nSPS) is 11.1. The zero-order valence-electron chi connectivity index (χ0n) is 13.5. The van der Waals surface area contributed by atoms with Gasteiger partial charge in [-0.2, -0.15) is 0 Å². The van der Waals surface area contributed by atoms with Gasteiger partial charge in [-0.05, 0) is 25.8 Å². The average molecular weight is 278 g/mol. The molecule has 1 aromatic rings. The quantitative estimate of drug-likeness (QED) is 0.667. The summed E-state index contributed by atoms with van der Waals surface area (Å²) in [5.74, 6) is 1.74. The van der Waals surface area contributed by atoms with E-state index >= 15 is 0 Å². The third kappa shape index (κ3) is 5.45. The molecule has 0 aliphatic carbocycles. The van der Waals surface area contributed by atoms with Gasteiger partial charge < -0.3 is 10.2 Å². The molecule has 114 valence electrons. The molecule has 0 aliphatic rings. The van der Waals surface area contributed by atoms with Crippen molar-refractivity contribution >= 4 is 5.82 Å². The summed E-state index contributed by atoms with van der Waals surface area (Å²) in [6, 6.07) is 0. The second kappa shape index (κ2) is 9.70. The summed E-state index contributed by atoms with van der Waals surface area (Å²) >= 11 is 0. The predicted molar refractivity (Wildman–Crippen MR) is 86.0 cm³/mol. The van der Waals surface area contributed by atoms with Crippen molar-refractivity contribution in [1.29, 1.82) is 0 Å². The Balaban J connectivity index is 2.59. The van der Waals surface area contributed by atoms with Gasteiger partial charge in [0.05, 0.1) is 18.1 Å². The van der Waals surface area contributed by atoms with E-state index in [4.69, 9.17) is 0 Å². The maximum absolute atomic E-state index is 4.57. The van der Waals surface area contributed by atoms with Crippen molar-refractivity contribution < 1.29 is 0 Å². The summed E-state index contributed by atoms with van der Waals surface area (Å²) in [6.45, 7) is 12.8. The first-order valence-corrected chi connectivity index (χ1v) is 8.01. The maximum atomic E-state index is 4.57. The van der Waals surface area contributed by atoms with E-state index in [1.54, 1.807) is 0 Å². The lowest BCUT2D eigenvalue weighted by molar-refractivity contribution is 0.484. The van der Waals surface area contributed by atoms with Gasteiger partial charge in [0, 0.05) is 19.6 Å². The Kier molecular flexibility index (Phi) is 8.19. The van der Waals surface area contributed by atoms with Crippen LogP contribution in [-0.2, 0) is 6.54 Å². The Morgan fingerprint density at radius 1 is 1.10 bits per heavy atom. The molecule has 0 atom stereocenters. The number of anilines is 1. The van der Waals surface area contributed by atoms with E-state index in [1.807, 2.05) is 12.4 Å². The van der Waals surface area contributed by atoms with Crippen LogP contribution in [0.1, 0.15) is 52.7 Å². The van der Waals surface area contributed by atoms with E-state index < -0.39 is 0 Å². The molecule has 0 unspecified atom stereocenters. The third-order valence-corrected chi connectivity index (χ3v) is 3.76. The lowest BCUT2D eigenvalue weighted by Gasteiger charge is -2.26. The highest BCUT2D eigenvalue weighted by molar-refractivity contribution is 5.35. The minimum Gasteiger partial charge on any atom is -0.355 e. The molecule has 4 nitrogen and oxygen atoms in total.